The smallest absolute Gasteiger partial charge is 0.228 e. The summed E-state index contributed by atoms with van der Waals surface area (Å²) in [5, 5.41) is 0. The number of likely N-dealkylation sites (tertiary alicyclic amines) is 1. The minimum atomic E-state index is 0. The third-order valence-corrected chi connectivity index (χ3v) is 4.94. The third kappa shape index (κ3) is 6.78. The highest BCUT2D eigenvalue weighted by Crippen LogP contribution is 2.23. The number of piperidine rings is 1. The Bertz CT molecular complexity index is 867. The van der Waals surface area contributed by atoms with E-state index in [4.69, 9.17) is 0 Å². The van der Waals surface area contributed by atoms with Gasteiger partial charge < -0.3 is 26.4 Å². The molecular weight excluding hydrogens is 440 g/mol. The monoisotopic (exact) mass is 468 g/mol. The van der Waals surface area contributed by atoms with E-state index in [0.717, 1.165) is 22.2 Å². The van der Waals surface area contributed by atoms with E-state index in [1.807, 2.05) is 72.8 Å². The Morgan fingerprint density at radius 1 is 0.867 bits per heavy atom. The van der Waals surface area contributed by atoms with Crippen LogP contribution in [-0.2, 0) is 9.59 Å². The molecule has 0 radical (unpaired) electrons. The number of benzene rings is 2. The second-order valence-electron chi connectivity index (χ2n) is 8.50. The normalized spacial score (nSPS) is 17.2. The summed E-state index contributed by atoms with van der Waals surface area (Å²) < 4.78 is 0.734. The van der Waals surface area contributed by atoms with Crippen molar-refractivity contribution in [1.82, 2.24) is 4.90 Å². The number of carbonyl (C=O) groups excluding carboxylic acids is 2. The van der Waals surface area contributed by atoms with Gasteiger partial charge in [0.2, 0.25) is 5.91 Å². The van der Waals surface area contributed by atoms with Crippen LogP contribution in [0.15, 0.2) is 71.8 Å². The van der Waals surface area contributed by atoms with Crippen LogP contribution in [0.1, 0.15) is 17.5 Å². The minimum absolute atomic E-state index is 0. The van der Waals surface area contributed by atoms with Crippen molar-refractivity contribution >= 4 is 23.8 Å². The summed E-state index contributed by atoms with van der Waals surface area (Å²) in [6.07, 6.45) is 4.27. The van der Waals surface area contributed by atoms with Gasteiger partial charge in [-0.3, -0.25) is 9.59 Å². The molecular formula is C25H29BrN2O2. The van der Waals surface area contributed by atoms with E-state index in [0.29, 0.717) is 30.7 Å². The molecule has 3 rings (SSSR count). The van der Waals surface area contributed by atoms with Gasteiger partial charge >= 0.3 is 0 Å². The fraction of sp³-hybridized carbons (Fsp3) is 0.280. The van der Waals surface area contributed by atoms with Crippen LogP contribution in [0.4, 0.5) is 0 Å². The van der Waals surface area contributed by atoms with Gasteiger partial charge in [0, 0.05) is 24.2 Å². The standard InChI is InChI=1S/C25H29N2O2.BrH/c1-27(2,3)15-14-24(28)26-18-22(16-20-10-6-4-7-11-20)25(29)23(19-26)17-21-12-8-5-9-13-21;/h4-13,16-17H,14-15,18-19H2,1-3H3;1H/q+1;/p-1/b22-16+,23-17+;. The number of Topliss-reactive ketones (excluding diaryl/α,β-unsaturated/α-hetero) is 1. The lowest BCUT2D eigenvalue weighted by molar-refractivity contribution is -0.869. The van der Waals surface area contributed by atoms with Crippen molar-refractivity contribution in [2.24, 2.45) is 0 Å². The van der Waals surface area contributed by atoms with Crippen molar-refractivity contribution in [3.05, 3.63) is 82.9 Å². The van der Waals surface area contributed by atoms with Gasteiger partial charge in [-0.05, 0) is 23.3 Å². The fourth-order valence-electron chi connectivity index (χ4n) is 3.31. The van der Waals surface area contributed by atoms with Crippen LogP contribution >= 0.6 is 0 Å². The molecule has 0 spiro atoms. The molecule has 1 fully saturated rings. The molecule has 0 atom stereocenters. The van der Waals surface area contributed by atoms with E-state index in [1.54, 1.807) is 4.90 Å². The quantitative estimate of drug-likeness (QED) is 0.477. The highest BCUT2D eigenvalue weighted by atomic mass is 79.9. The van der Waals surface area contributed by atoms with Gasteiger partial charge in [0.05, 0.1) is 34.1 Å². The van der Waals surface area contributed by atoms with E-state index >= 15 is 0 Å². The van der Waals surface area contributed by atoms with Crippen molar-refractivity contribution in [2.45, 2.75) is 6.42 Å². The number of quaternary nitrogens is 1. The molecule has 0 aliphatic carbocycles. The molecule has 1 aliphatic rings. The Labute approximate surface area is 189 Å². The van der Waals surface area contributed by atoms with Gasteiger partial charge in [0.1, 0.15) is 0 Å². The maximum atomic E-state index is 13.1. The number of halogens is 1. The zero-order valence-electron chi connectivity index (χ0n) is 17.8. The van der Waals surface area contributed by atoms with Crippen molar-refractivity contribution in [2.75, 3.05) is 40.8 Å². The van der Waals surface area contributed by atoms with Crippen LogP contribution in [0.3, 0.4) is 0 Å². The van der Waals surface area contributed by atoms with Crippen molar-refractivity contribution in [3.63, 3.8) is 0 Å². The van der Waals surface area contributed by atoms with Crippen LogP contribution in [0.25, 0.3) is 12.2 Å². The molecule has 0 unspecified atom stereocenters. The lowest BCUT2D eigenvalue weighted by Crippen LogP contribution is -3.00. The Hall–Kier alpha value is -2.50. The predicted octanol–water partition coefficient (Wildman–Crippen LogP) is 0.665. The number of hydrogen-bond donors (Lipinski definition) is 0. The number of rotatable bonds is 5. The Kier molecular flexibility index (Phi) is 8.33. The van der Waals surface area contributed by atoms with Crippen molar-refractivity contribution in [3.8, 4) is 0 Å². The molecule has 158 valence electrons. The van der Waals surface area contributed by atoms with Crippen LogP contribution in [0.5, 0.6) is 0 Å². The Morgan fingerprint density at radius 2 is 1.30 bits per heavy atom. The molecule has 2 aromatic rings. The van der Waals surface area contributed by atoms with Crippen LogP contribution in [-0.4, -0.2) is 61.9 Å². The Morgan fingerprint density at radius 3 is 1.70 bits per heavy atom. The highest BCUT2D eigenvalue weighted by Gasteiger charge is 2.29. The number of nitrogens with zero attached hydrogens (tertiary/aromatic N) is 2. The first kappa shape index (κ1) is 23.8. The molecule has 1 amide bonds. The summed E-state index contributed by atoms with van der Waals surface area (Å²) in [5.74, 6) is 0.108. The number of ketones is 1. The SMILES string of the molecule is C[N+](C)(C)CCC(=O)N1C/C(=C\c2ccccc2)C(=O)/C(=C/c2ccccc2)C1.[Br-]. The van der Waals surface area contributed by atoms with E-state index in [9.17, 15) is 9.59 Å². The summed E-state index contributed by atoms with van der Waals surface area (Å²) >= 11 is 0. The molecule has 30 heavy (non-hydrogen) atoms. The summed E-state index contributed by atoms with van der Waals surface area (Å²) in [5.41, 5.74) is 3.25. The summed E-state index contributed by atoms with van der Waals surface area (Å²) in [6.45, 7) is 1.48. The molecule has 0 aromatic heterocycles. The molecule has 4 nitrogen and oxygen atoms in total. The van der Waals surface area contributed by atoms with Gasteiger partial charge in [-0.2, -0.15) is 0 Å². The lowest BCUT2D eigenvalue weighted by Gasteiger charge is -2.31. The van der Waals surface area contributed by atoms with E-state index < -0.39 is 0 Å². The Balaban J connectivity index is 0.00000320. The van der Waals surface area contributed by atoms with Crippen LogP contribution in [0, 0.1) is 0 Å². The maximum Gasteiger partial charge on any atom is 0.228 e. The molecule has 0 bridgehead atoms. The molecule has 1 saturated heterocycles. The second kappa shape index (κ2) is 10.5. The van der Waals surface area contributed by atoms with E-state index in [1.165, 1.54) is 0 Å². The minimum Gasteiger partial charge on any atom is -1.00 e. The third-order valence-electron chi connectivity index (χ3n) is 4.94. The summed E-state index contributed by atoms with van der Waals surface area (Å²) in [7, 11) is 6.23. The second-order valence-corrected chi connectivity index (χ2v) is 8.50. The number of hydrogen-bond acceptors (Lipinski definition) is 2. The average Bonchev–Trinajstić information content (AvgIpc) is 2.70. The number of carbonyl (C=O) groups is 2. The first-order valence-corrected chi connectivity index (χ1v) is 9.96. The van der Waals surface area contributed by atoms with E-state index in [2.05, 4.69) is 21.1 Å². The highest BCUT2D eigenvalue weighted by molar-refractivity contribution is 6.15. The summed E-state index contributed by atoms with van der Waals surface area (Å²) in [6, 6.07) is 19.6. The molecule has 1 aliphatic heterocycles. The molecule has 1 heterocycles. The first-order valence-electron chi connectivity index (χ1n) is 9.96. The zero-order chi connectivity index (χ0) is 20.9. The van der Waals surface area contributed by atoms with Gasteiger partial charge in [-0.1, -0.05) is 60.7 Å². The van der Waals surface area contributed by atoms with Crippen molar-refractivity contribution in [1.29, 1.82) is 0 Å². The molecule has 0 N–H and O–H groups in total. The van der Waals surface area contributed by atoms with Gasteiger partial charge in [-0.25, -0.2) is 0 Å². The lowest BCUT2D eigenvalue weighted by atomic mass is 9.94. The van der Waals surface area contributed by atoms with Crippen molar-refractivity contribution < 1.29 is 31.1 Å². The molecule has 5 heteroatoms. The largest absolute Gasteiger partial charge is 1.00 e. The van der Waals surface area contributed by atoms with E-state index in [-0.39, 0.29) is 28.7 Å². The van der Waals surface area contributed by atoms with Gasteiger partial charge in [0.25, 0.3) is 0 Å². The van der Waals surface area contributed by atoms with Gasteiger partial charge in [-0.15, -0.1) is 0 Å². The molecule has 2 aromatic carbocycles. The number of amides is 1. The van der Waals surface area contributed by atoms with Crippen LogP contribution in [0.2, 0.25) is 0 Å². The average molecular weight is 469 g/mol. The summed E-state index contributed by atoms with van der Waals surface area (Å²) in [4.78, 5) is 27.8. The first-order chi connectivity index (χ1) is 13.8. The van der Waals surface area contributed by atoms with Gasteiger partial charge in [0.15, 0.2) is 5.78 Å². The maximum absolute atomic E-state index is 13.1. The van der Waals surface area contributed by atoms with Crippen LogP contribution < -0.4 is 17.0 Å². The topological polar surface area (TPSA) is 37.4 Å². The fourth-order valence-corrected chi connectivity index (χ4v) is 3.31. The molecule has 0 saturated carbocycles. The zero-order valence-corrected chi connectivity index (χ0v) is 19.4. The predicted molar refractivity (Wildman–Crippen MR) is 118 cm³/mol.